The van der Waals surface area contributed by atoms with E-state index in [1.165, 1.54) is 4.90 Å². The van der Waals surface area contributed by atoms with Gasteiger partial charge in [0.1, 0.15) is 0 Å². The molecule has 1 rings (SSSR count). The fourth-order valence-corrected chi connectivity index (χ4v) is 1.86. The number of nitrogens with zero attached hydrogens (tertiary/aromatic N) is 1. The Bertz CT molecular complexity index is 128. The Morgan fingerprint density at radius 3 is 2.78 bits per heavy atom. The largest absolute Gasteiger partial charge is 0.465 e. The number of thioether (sulfide) groups is 1. The number of hydrogen-bond donors (Lipinski definition) is 1. The number of hydrogen-bond acceptors (Lipinski definition) is 2. The lowest BCUT2D eigenvalue weighted by Crippen LogP contribution is -2.31. The van der Waals surface area contributed by atoms with Crippen molar-refractivity contribution < 1.29 is 9.90 Å². The van der Waals surface area contributed by atoms with Crippen LogP contribution in [-0.2, 0) is 0 Å². The van der Waals surface area contributed by atoms with Crippen LogP contribution in [0.25, 0.3) is 0 Å². The minimum absolute atomic E-state index is 0.155. The van der Waals surface area contributed by atoms with Gasteiger partial charge in [-0.1, -0.05) is 0 Å². The van der Waals surface area contributed by atoms with Gasteiger partial charge in [-0.15, -0.1) is 11.8 Å². The fraction of sp³-hybridized carbons (Fsp3) is 0.800. The maximum Gasteiger partial charge on any atom is 0.408 e. The first-order valence-electron chi connectivity index (χ1n) is 2.83. The third-order valence-electron chi connectivity index (χ3n) is 1.38. The van der Waals surface area contributed by atoms with E-state index in [1.807, 2.05) is 6.92 Å². The van der Waals surface area contributed by atoms with Gasteiger partial charge in [0.25, 0.3) is 0 Å². The van der Waals surface area contributed by atoms with E-state index in [4.69, 9.17) is 5.11 Å². The molecule has 0 aliphatic carbocycles. The molecule has 0 radical (unpaired) electrons. The standard InChI is InChI=1S/C5H9NO2S/c1-4-6(5(7)8)2-3-9-4/h4H,2-3H2,1H3,(H,7,8). The van der Waals surface area contributed by atoms with Gasteiger partial charge in [-0.05, 0) is 6.92 Å². The first kappa shape index (κ1) is 6.74. The third-order valence-corrected chi connectivity index (χ3v) is 2.53. The minimum Gasteiger partial charge on any atom is -0.465 e. The van der Waals surface area contributed by atoms with Crippen molar-refractivity contribution in [3.63, 3.8) is 0 Å². The van der Waals surface area contributed by atoms with Crippen LogP contribution >= 0.6 is 11.8 Å². The molecule has 1 N–H and O–H groups in total. The topological polar surface area (TPSA) is 40.5 Å². The molecule has 1 saturated heterocycles. The average Bonchev–Trinajstić information content (AvgIpc) is 2.13. The third kappa shape index (κ3) is 1.30. The predicted molar refractivity (Wildman–Crippen MR) is 36.7 cm³/mol. The Balaban J connectivity index is 2.49. The van der Waals surface area contributed by atoms with Gasteiger partial charge in [-0.25, -0.2) is 4.79 Å². The monoisotopic (exact) mass is 147 g/mol. The minimum atomic E-state index is -0.799. The highest BCUT2D eigenvalue weighted by Gasteiger charge is 2.24. The molecule has 3 nitrogen and oxygen atoms in total. The smallest absolute Gasteiger partial charge is 0.408 e. The summed E-state index contributed by atoms with van der Waals surface area (Å²) in [6.45, 7) is 2.59. The molecule has 52 valence electrons. The van der Waals surface area contributed by atoms with Crippen molar-refractivity contribution in [2.75, 3.05) is 12.3 Å². The zero-order chi connectivity index (χ0) is 6.85. The zero-order valence-corrected chi connectivity index (χ0v) is 6.02. The molecule has 0 aromatic rings. The lowest BCUT2D eigenvalue weighted by atomic mass is 10.6. The van der Waals surface area contributed by atoms with E-state index in [9.17, 15) is 4.79 Å². The number of rotatable bonds is 0. The average molecular weight is 147 g/mol. The zero-order valence-electron chi connectivity index (χ0n) is 5.20. The second kappa shape index (κ2) is 2.47. The van der Waals surface area contributed by atoms with E-state index in [0.717, 1.165) is 5.75 Å². The van der Waals surface area contributed by atoms with E-state index in [-0.39, 0.29) is 5.37 Å². The summed E-state index contributed by atoms with van der Waals surface area (Å²) in [5.74, 6) is 0.938. The summed E-state index contributed by atoms with van der Waals surface area (Å²) in [4.78, 5) is 11.8. The van der Waals surface area contributed by atoms with Gasteiger partial charge < -0.3 is 5.11 Å². The predicted octanol–water partition coefficient (Wildman–Crippen LogP) is 1.06. The highest BCUT2D eigenvalue weighted by Crippen LogP contribution is 2.22. The fourth-order valence-electron chi connectivity index (χ4n) is 0.845. The van der Waals surface area contributed by atoms with Crippen LogP contribution in [0.5, 0.6) is 0 Å². The number of amides is 1. The van der Waals surface area contributed by atoms with E-state index < -0.39 is 6.09 Å². The summed E-state index contributed by atoms with van der Waals surface area (Å²) < 4.78 is 0. The molecule has 9 heavy (non-hydrogen) atoms. The van der Waals surface area contributed by atoms with Crippen LogP contribution in [0.15, 0.2) is 0 Å². The molecule has 1 aliphatic heterocycles. The van der Waals surface area contributed by atoms with Gasteiger partial charge in [0.05, 0.1) is 5.37 Å². The van der Waals surface area contributed by atoms with Crippen molar-refractivity contribution in [1.29, 1.82) is 0 Å². The van der Waals surface area contributed by atoms with Gasteiger partial charge in [0.2, 0.25) is 0 Å². The lowest BCUT2D eigenvalue weighted by Gasteiger charge is -2.14. The summed E-state index contributed by atoms with van der Waals surface area (Å²) in [7, 11) is 0. The number of carbonyl (C=O) groups is 1. The number of carboxylic acid groups (broad SMARTS) is 1. The van der Waals surface area contributed by atoms with Crippen molar-refractivity contribution in [1.82, 2.24) is 4.90 Å². The van der Waals surface area contributed by atoms with Crippen molar-refractivity contribution in [2.24, 2.45) is 0 Å². The van der Waals surface area contributed by atoms with E-state index in [1.54, 1.807) is 11.8 Å². The Kier molecular flexibility index (Phi) is 1.85. The summed E-state index contributed by atoms with van der Waals surface area (Å²) in [5.41, 5.74) is 0. The maximum absolute atomic E-state index is 10.3. The van der Waals surface area contributed by atoms with Crippen molar-refractivity contribution in [3.8, 4) is 0 Å². The Morgan fingerprint density at radius 2 is 2.56 bits per heavy atom. The molecule has 1 fully saturated rings. The highest BCUT2D eigenvalue weighted by atomic mass is 32.2. The quantitative estimate of drug-likeness (QED) is 0.557. The summed E-state index contributed by atoms with van der Waals surface area (Å²) in [6.07, 6.45) is -0.799. The molecule has 1 amide bonds. The summed E-state index contributed by atoms with van der Waals surface area (Å²) in [5, 5.41) is 8.65. The van der Waals surface area contributed by atoms with Gasteiger partial charge in [0, 0.05) is 12.3 Å². The van der Waals surface area contributed by atoms with Crippen LogP contribution in [0.2, 0.25) is 0 Å². The molecule has 0 saturated carbocycles. The highest BCUT2D eigenvalue weighted by molar-refractivity contribution is 8.00. The van der Waals surface area contributed by atoms with Crippen LogP contribution in [-0.4, -0.2) is 33.8 Å². The normalized spacial score (nSPS) is 26.8. The molecule has 1 unspecified atom stereocenters. The van der Waals surface area contributed by atoms with Gasteiger partial charge in [0.15, 0.2) is 0 Å². The molecular formula is C5H9NO2S. The molecule has 0 spiro atoms. The van der Waals surface area contributed by atoms with E-state index >= 15 is 0 Å². The second-order valence-corrected chi connectivity index (χ2v) is 3.37. The van der Waals surface area contributed by atoms with E-state index in [2.05, 4.69) is 0 Å². The van der Waals surface area contributed by atoms with Crippen LogP contribution in [0.3, 0.4) is 0 Å². The van der Waals surface area contributed by atoms with Crippen molar-refractivity contribution in [3.05, 3.63) is 0 Å². The Morgan fingerprint density at radius 1 is 1.89 bits per heavy atom. The second-order valence-electron chi connectivity index (χ2n) is 1.95. The molecule has 4 heteroatoms. The molecule has 1 aliphatic rings. The lowest BCUT2D eigenvalue weighted by molar-refractivity contribution is 0.149. The molecule has 0 bridgehead atoms. The first-order valence-corrected chi connectivity index (χ1v) is 3.88. The van der Waals surface area contributed by atoms with Crippen LogP contribution in [0, 0.1) is 0 Å². The Hall–Kier alpha value is -0.380. The Labute approximate surface area is 58.0 Å². The first-order chi connectivity index (χ1) is 4.22. The van der Waals surface area contributed by atoms with Gasteiger partial charge >= 0.3 is 6.09 Å². The van der Waals surface area contributed by atoms with Gasteiger partial charge in [-0.3, -0.25) is 4.90 Å². The van der Waals surface area contributed by atoms with Crippen molar-refractivity contribution in [2.45, 2.75) is 12.3 Å². The molecule has 1 heterocycles. The van der Waals surface area contributed by atoms with Crippen LogP contribution in [0.1, 0.15) is 6.92 Å². The molecular weight excluding hydrogens is 138 g/mol. The summed E-state index contributed by atoms with van der Waals surface area (Å²) in [6, 6.07) is 0. The van der Waals surface area contributed by atoms with Crippen molar-refractivity contribution >= 4 is 17.9 Å². The van der Waals surface area contributed by atoms with E-state index in [0.29, 0.717) is 6.54 Å². The van der Waals surface area contributed by atoms with Gasteiger partial charge in [-0.2, -0.15) is 0 Å². The van der Waals surface area contributed by atoms with Crippen LogP contribution < -0.4 is 0 Å². The molecule has 1 atom stereocenters. The van der Waals surface area contributed by atoms with Crippen LogP contribution in [0.4, 0.5) is 4.79 Å². The SMILES string of the molecule is CC1SCCN1C(=O)O. The molecule has 0 aromatic carbocycles. The maximum atomic E-state index is 10.3. The molecule has 0 aromatic heterocycles. The summed E-state index contributed by atoms with van der Waals surface area (Å²) >= 11 is 1.68.